The minimum Gasteiger partial charge on any atom is -0.381 e. The van der Waals surface area contributed by atoms with Crippen molar-refractivity contribution in [2.75, 3.05) is 25.7 Å². The normalized spacial score (nSPS) is 26.8. The number of methoxy groups -OCH3 is 1. The number of hydrogen-bond acceptors (Lipinski definition) is 3. The summed E-state index contributed by atoms with van der Waals surface area (Å²) in [5, 5.41) is 3.66. The Hall–Kier alpha value is 0.270. The van der Waals surface area contributed by atoms with E-state index in [0.29, 0.717) is 12.1 Å². The van der Waals surface area contributed by atoms with Crippen molar-refractivity contribution in [2.24, 2.45) is 0 Å². The maximum absolute atomic E-state index is 5.42. The molecule has 1 aliphatic rings. The summed E-state index contributed by atoms with van der Waals surface area (Å²) in [5.74, 6) is 1.30. The second-order valence-electron chi connectivity index (χ2n) is 4.38. The van der Waals surface area contributed by atoms with Gasteiger partial charge >= 0.3 is 0 Å². The van der Waals surface area contributed by atoms with Crippen molar-refractivity contribution in [3.63, 3.8) is 0 Å². The van der Waals surface area contributed by atoms with Crippen molar-refractivity contribution in [1.82, 2.24) is 5.32 Å². The lowest BCUT2D eigenvalue weighted by Gasteiger charge is -2.28. The topological polar surface area (TPSA) is 21.3 Å². The molecule has 0 bridgehead atoms. The lowest BCUT2D eigenvalue weighted by molar-refractivity contribution is 0.0589. The Labute approximate surface area is 98.5 Å². The molecule has 0 spiro atoms. The van der Waals surface area contributed by atoms with E-state index in [4.69, 9.17) is 4.74 Å². The van der Waals surface area contributed by atoms with Gasteiger partial charge in [0.15, 0.2) is 0 Å². The molecular formula is C12H25NOS. The molecule has 2 atom stereocenters. The van der Waals surface area contributed by atoms with Gasteiger partial charge in [0.05, 0.1) is 6.10 Å². The minimum atomic E-state index is 0.502. The third-order valence-electron chi connectivity index (χ3n) is 3.17. The molecule has 1 N–H and O–H groups in total. The van der Waals surface area contributed by atoms with Crippen LogP contribution < -0.4 is 5.32 Å². The quantitative estimate of drug-likeness (QED) is 0.681. The Morgan fingerprint density at radius 3 is 2.93 bits per heavy atom. The van der Waals surface area contributed by atoms with Crippen LogP contribution in [0.2, 0.25) is 0 Å². The molecule has 0 saturated heterocycles. The monoisotopic (exact) mass is 231 g/mol. The molecule has 0 aromatic rings. The van der Waals surface area contributed by atoms with Crippen molar-refractivity contribution in [3.8, 4) is 0 Å². The van der Waals surface area contributed by atoms with Gasteiger partial charge in [0.1, 0.15) is 0 Å². The highest BCUT2D eigenvalue weighted by Gasteiger charge is 2.20. The van der Waals surface area contributed by atoms with E-state index in [0.717, 1.165) is 0 Å². The molecule has 90 valence electrons. The molecule has 2 nitrogen and oxygen atoms in total. The van der Waals surface area contributed by atoms with Gasteiger partial charge in [-0.3, -0.25) is 0 Å². The minimum absolute atomic E-state index is 0.502. The Balaban J connectivity index is 2.00. The van der Waals surface area contributed by atoms with Gasteiger partial charge < -0.3 is 10.1 Å². The molecule has 0 aliphatic heterocycles. The summed E-state index contributed by atoms with van der Waals surface area (Å²) in [6, 6.07) is 0.706. The maximum atomic E-state index is 5.42. The first-order chi connectivity index (χ1) is 7.36. The Morgan fingerprint density at radius 1 is 1.33 bits per heavy atom. The van der Waals surface area contributed by atoms with E-state index in [2.05, 4.69) is 11.6 Å². The van der Waals surface area contributed by atoms with Crippen molar-refractivity contribution >= 4 is 11.8 Å². The van der Waals surface area contributed by atoms with Crippen LogP contribution in [0.25, 0.3) is 0 Å². The first-order valence-corrected chi connectivity index (χ1v) is 7.51. The van der Waals surface area contributed by atoms with Gasteiger partial charge in [0.2, 0.25) is 0 Å². The molecule has 0 aromatic heterocycles. The van der Waals surface area contributed by atoms with E-state index in [1.165, 1.54) is 50.8 Å². The summed E-state index contributed by atoms with van der Waals surface area (Å²) in [5.41, 5.74) is 0. The van der Waals surface area contributed by atoms with Crippen molar-refractivity contribution < 1.29 is 4.74 Å². The number of thioether (sulfide) groups is 1. The summed E-state index contributed by atoms with van der Waals surface area (Å²) >= 11 is 1.94. The average Bonchev–Trinajstić information content (AvgIpc) is 2.29. The molecule has 15 heavy (non-hydrogen) atoms. The Bertz CT molecular complexity index is 155. The first-order valence-electron chi connectivity index (χ1n) is 6.12. The highest BCUT2D eigenvalue weighted by atomic mass is 32.2. The molecule has 3 heteroatoms. The first kappa shape index (κ1) is 13.3. The second-order valence-corrected chi connectivity index (χ2v) is 5.36. The lowest BCUT2D eigenvalue weighted by Crippen LogP contribution is -2.37. The predicted molar refractivity (Wildman–Crippen MR) is 68.7 cm³/mol. The molecule has 0 radical (unpaired) electrons. The van der Waals surface area contributed by atoms with Crippen LogP contribution in [0.5, 0.6) is 0 Å². The van der Waals surface area contributed by atoms with E-state index >= 15 is 0 Å². The van der Waals surface area contributed by atoms with Crippen LogP contribution in [0.1, 0.15) is 38.5 Å². The molecule has 1 rings (SSSR count). The molecule has 0 amide bonds. The number of rotatable bonds is 7. The van der Waals surface area contributed by atoms with Crippen molar-refractivity contribution in [2.45, 2.75) is 50.7 Å². The fraction of sp³-hybridized carbons (Fsp3) is 1.00. The molecule has 2 unspecified atom stereocenters. The zero-order chi connectivity index (χ0) is 10.9. The number of hydrogen-bond donors (Lipinski definition) is 1. The maximum Gasteiger partial charge on any atom is 0.0586 e. The highest BCUT2D eigenvalue weighted by Crippen LogP contribution is 2.20. The summed E-state index contributed by atoms with van der Waals surface area (Å²) in [4.78, 5) is 0. The summed E-state index contributed by atoms with van der Waals surface area (Å²) in [6.07, 6.45) is 10.5. The zero-order valence-electron chi connectivity index (χ0n) is 10.1. The standard InChI is InChI=1S/C12H25NOS/c1-14-12-7-5-6-11(10-12)13-8-3-4-9-15-2/h11-13H,3-10H2,1-2H3. The predicted octanol–water partition coefficient (Wildman–Crippen LogP) is 2.68. The second kappa shape index (κ2) is 8.43. The zero-order valence-corrected chi connectivity index (χ0v) is 10.9. The smallest absolute Gasteiger partial charge is 0.0586 e. The van der Waals surface area contributed by atoms with E-state index in [1.807, 2.05) is 18.9 Å². The fourth-order valence-corrected chi connectivity index (χ4v) is 2.71. The molecule has 0 aromatic carbocycles. The fourth-order valence-electron chi connectivity index (χ4n) is 2.22. The van der Waals surface area contributed by atoms with Gasteiger partial charge in [0.25, 0.3) is 0 Å². The highest BCUT2D eigenvalue weighted by molar-refractivity contribution is 7.98. The van der Waals surface area contributed by atoms with Gasteiger partial charge in [-0.05, 0) is 57.1 Å². The van der Waals surface area contributed by atoms with Crippen LogP contribution in [0.15, 0.2) is 0 Å². The molecule has 1 aliphatic carbocycles. The molecule has 0 heterocycles. The molecular weight excluding hydrogens is 206 g/mol. The number of nitrogens with one attached hydrogen (secondary N) is 1. The third kappa shape index (κ3) is 5.79. The third-order valence-corrected chi connectivity index (χ3v) is 3.86. The van der Waals surface area contributed by atoms with Crippen LogP contribution in [0, 0.1) is 0 Å². The van der Waals surface area contributed by atoms with Gasteiger partial charge in [-0.25, -0.2) is 0 Å². The molecule has 1 saturated carbocycles. The Kier molecular flexibility index (Phi) is 7.49. The van der Waals surface area contributed by atoms with Crippen LogP contribution in [0.4, 0.5) is 0 Å². The van der Waals surface area contributed by atoms with Gasteiger partial charge in [0, 0.05) is 13.2 Å². The van der Waals surface area contributed by atoms with E-state index < -0.39 is 0 Å². The van der Waals surface area contributed by atoms with E-state index in [1.54, 1.807) is 0 Å². The van der Waals surface area contributed by atoms with Crippen molar-refractivity contribution in [3.05, 3.63) is 0 Å². The summed E-state index contributed by atoms with van der Waals surface area (Å²) in [7, 11) is 1.84. The largest absolute Gasteiger partial charge is 0.381 e. The van der Waals surface area contributed by atoms with E-state index in [9.17, 15) is 0 Å². The molecule has 1 fully saturated rings. The average molecular weight is 231 g/mol. The van der Waals surface area contributed by atoms with Crippen molar-refractivity contribution in [1.29, 1.82) is 0 Å². The van der Waals surface area contributed by atoms with Crippen LogP contribution in [0.3, 0.4) is 0 Å². The number of ether oxygens (including phenoxy) is 1. The number of unbranched alkanes of at least 4 members (excludes halogenated alkanes) is 1. The lowest BCUT2D eigenvalue weighted by atomic mass is 9.93. The SMILES string of the molecule is COC1CCCC(NCCCCSC)C1. The van der Waals surface area contributed by atoms with Crippen LogP contribution >= 0.6 is 11.8 Å². The Morgan fingerprint density at radius 2 is 2.20 bits per heavy atom. The summed E-state index contributed by atoms with van der Waals surface area (Å²) in [6.45, 7) is 1.18. The van der Waals surface area contributed by atoms with Crippen LogP contribution in [-0.4, -0.2) is 37.8 Å². The van der Waals surface area contributed by atoms with Crippen LogP contribution in [-0.2, 0) is 4.74 Å². The van der Waals surface area contributed by atoms with Gasteiger partial charge in [-0.15, -0.1) is 0 Å². The van der Waals surface area contributed by atoms with E-state index in [-0.39, 0.29) is 0 Å². The van der Waals surface area contributed by atoms with Gasteiger partial charge in [-0.1, -0.05) is 0 Å². The summed E-state index contributed by atoms with van der Waals surface area (Å²) < 4.78 is 5.42. The van der Waals surface area contributed by atoms with Gasteiger partial charge in [-0.2, -0.15) is 11.8 Å².